The Bertz CT molecular complexity index is 1420. The molecule has 4 aromatic rings. The van der Waals surface area contributed by atoms with E-state index in [9.17, 15) is 9.59 Å². The molecule has 3 heterocycles. The highest BCUT2D eigenvalue weighted by atomic mass is 35.5. The molecule has 3 aromatic heterocycles. The molecule has 0 amide bonds. The van der Waals surface area contributed by atoms with Crippen molar-refractivity contribution in [2.24, 2.45) is 5.92 Å². The van der Waals surface area contributed by atoms with E-state index in [4.69, 9.17) is 32.7 Å². The van der Waals surface area contributed by atoms with Crippen LogP contribution in [0.2, 0.25) is 10.0 Å². The number of hydrogen-bond acceptors (Lipinski definition) is 8. The van der Waals surface area contributed by atoms with Gasteiger partial charge in [0.05, 0.1) is 37.0 Å². The zero-order valence-electron chi connectivity index (χ0n) is 17.8. The summed E-state index contributed by atoms with van der Waals surface area (Å²) >= 11 is 14.5. The molecular weight excluding hydrogens is 487 g/mol. The standard InChI is InChI=1S/C22H18Cl2N4O4S/c1-10(2)22(30)32-19-16(21(29)28-20-17(19)25-6-7-26-20)15-13(23)4-5-14(24)18(15)31-9-12-8-27-11(3)33-12/h4-8,10H,9H2,1-3H3,(H,26,28,29). The van der Waals surface area contributed by atoms with Gasteiger partial charge in [-0.05, 0) is 19.1 Å². The lowest BCUT2D eigenvalue weighted by molar-refractivity contribution is -0.137. The van der Waals surface area contributed by atoms with Gasteiger partial charge in [0.25, 0.3) is 5.56 Å². The lowest BCUT2D eigenvalue weighted by Gasteiger charge is -2.17. The number of halogens is 2. The highest BCUT2D eigenvalue weighted by Gasteiger charge is 2.27. The van der Waals surface area contributed by atoms with Gasteiger partial charge in [0.15, 0.2) is 11.4 Å². The average Bonchev–Trinajstić information content (AvgIpc) is 3.20. The number of thiazole rings is 1. The summed E-state index contributed by atoms with van der Waals surface area (Å²) in [7, 11) is 0. The fraction of sp³-hybridized carbons (Fsp3) is 0.227. The minimum absolute atomic E-state index is 0.0278. The zero-order valence-corrected chi connectivity index (χ0v) is 20.1. The van der Waals surface area contributed by atoms with Gasteiger partial charge >= 0.3 is 5.97 Å². The number of pyridine rings is 1. The van der Waals surface area contributed by atoms with Crippen molar-refractivity contribution in [3.8, 4) is 22.6 Å². The molecule has 0 bridgehead atoms. The molecule has 0 unspecified atom stereocenters. The van der Waals surface area contributed by atoms with Crippen molar-refractivity contribution < 1.29 is 14.3 Å². The van der Waals surface area contributed by atoms with Gasteiger partial charge in [-0.2, -0.15) is 0 Å². The van der Waals surface area contributed by atoms with Gasteiger partial charge in [0.1, 0.15) is 17.9 Å². The van der Waals surface area contributed by atoms with Crippen molar-refractivity contribution >= 4 is 51.7 Å². The van der Waals surface area contributed by atoms with E-state index < -0.39 is 17.4 Å². The van der Waals surface area contributed by atoms with Crippen LogP contribution < -0.4 is 15.0 Å². The van der Waals surface area contributed by atoms with Gasteiger partial charge in [0, 0.05) is 18.6 Å². The van der Waals surface area contributed by atoms with Crippen LogP contribution in [0.25, 0.3) is 22.3 Å². The Hall–Kier alpha value is -3.01. The molecule has 0 aliphatic rings. The molecule has 0 saturated carbocycles. The Morgan fingerprint density at radius 3 is 2.52 bits per heavy atom. The maximum atomic E-state index is 13.2. The van der Waals surface area contributed by atoms with Crippen LogP contribution in [0.15, 0.2) is 35.5 Å². The normalized spacial score (nSPS) is 11.2. The van der Waals surface area contributed by atoms with Crippen LogP contribution in [0.1, 0.15) is 23.7 Å². The second-order valence-electron chi connectivity index (χ2n) is 7.36. The number of aromatic amines is 1. The van der Waals surface area contributed by atoms with Crippen LogP contribution in [0.4, 0.5) is 0 Å². The third-order valence-corrected chi connectivity index (χ3v) is 6.11. The molecule has 0 aliphatic heterocycles. The van der Waals surface area contributed by atoms with E-state index in [1.54, 1.807) is 26.1 Å². The predicted octanol–water partition coefficient (Wildman–Crippen LogP) is 5.20. The van der Waals surface area contributed by atoms with Crippen LogP contribution >= 0.6 is 34.5 Å². The monoisotopic (exact) mass is 504 g/mol. The van der Waals surface area contributed by atoms with E-state index in [1.807, 2.05) is 6.92 Å². The number of aromatic nitrogens is 4. The van der Waals surface area contributed by atoms with E-state index in [-0.39, 0.29) is 50.4 Å². The number of rotatable bonds is 6. The number of carbonyl (C=O) groups is 1. The van der Waals surface area contributed by atoms with Gasteiger partial charge in [-0.3, -0.25) is 9.59 Å². The summed E-state index contributed by atoms with van der Waals surface area (Å²) in [6.07, 6.45) is 4.55. The van der Waals surface area contributed by atoms with E-state index >= 15 is 0 Å². The maximum absolute atomic E-state index is 13.2. The zero-order chi connectivity index (χ0) is 23.7. The number of H-pyrrole nitrogens is 1. The number of nitrogens with one attached hydrogen (secondary N) is 1. The summed E-state index contributed by atoms with van der Waals surface area (Å²) in [5.74, 6) is -0.896. The Kier molecular flexibility index (Phi) is 6.64. The first kappa shape index (κ1) is 23.2. The summed E-state index contributed by atoms with van der Waals surface area (Å²) in [5.41, 5.74) is -0.0670. The fourth-order valence-corrected chi connectivity index (χ4v) is 4.22. The van der Waals surface area contributed by atoms with Crippen LogP contribution in [0.5, 0.6) is 11.5 Å². The summed E-state index contributed by atoms with van der Waals surface area (Å²) in [6.45, 7) is 5.41. The van der Waals surface area contributed by atoms with Crippen molar-refractivity contribution in [2.45, 2.75) is 27.4 Å². The van der Waals surface area contributed by atoms with Gasteiger partial charge < -0.3 is 14.5 Å². The molecule has 4 rings (SSSR count). The molecule has 11 heteroatoms. The first-order chi connectivity index (χ1) is 15.8. The molecule has 8 nitrogen and oxygen atoms in total. The minimum atomic E-state index is -0.586. The molecule has 0 fully saturated rings. The molecule has 33 heavy (non-hydrogen) atoms. The first-order valence-electron chi connectivity index (χ1n) is 9.87. The highest BCUT2D eigenvalue weighted by molar-refractivity contribution is 7.11. The Labute approximate surface area is 202 Å². The smallest absolute Gasteiger partial charge is 0.313 e. The van der Waals surface area contributed by atoms with Gasteiger partial charge in [-0.1, -0.05) is 37.0 Å². The van der Waals surface area contributed by atoms with E-state index in [2.05, 4.69) is 19.9 Å². The molecule has 1 aromatic carbocycles. The molecule has 0 atom stereocenters. The molecular formula is C22H18Cl2N4O4S. The summed E-state index contributed by atoms with van der Waals surface area (Å²) in [5, 5.41) is 1.30. The largest absolute Gasteiger partial charge is 0.486 e. The topological polar surface area (TPSA) is 107 Å². The lowest BCUT2D eigenvalue weighted by Crippen LogP contribution is -2.20. The fourth-order valence-electron chi connectivity index (χ4n) is 3.05. The molecule has 0 radical (unpaired) electrons. The first-order valence-corrected chi connectivity index (χ1v) is 11.4. The van der Waals surface area contributed by atoms with Crippen LogP contribution in [-0.4, -0.2) is 25.9 Å². The number of hydrogen-bond donors (Lipinski definition) is 1. The molecule has 0 saturated heterocycles. The predicted molar refractivity (Wildman–Crippen MR) is 127 cm³/mol. The number of aryl methyl sites for hydroxylation is 1. The number of fused-ring (bicyclic) bond motifs is 1. The van der Waals surface area contributed by atoms with E-state index in [0.717, 1.165) is 9.88 Å². The minimum Gasteiger partial charge on any atom is -0.486 e. The highest BCUT2D eigenvalue weighted by Crippen LogP contribution is 2.45. The number of carbonyl (C=O) groups excluding carboxylic acids is 1. The lowest BCUT2D eigenvalue weighted by atomic mass is 10.0. The summed E-state index contributed by atoms with van der Waals surface area (Å²) in [6, 6.07) is 3.10. The molecule has 170 valence electrons. The summed E-state index contributed by atoms with van der Waals surface area (Å²) in [4.78, 5) is 41.9. The Morgan fingerprint density at radius 1 is 1.09 bits per heavy atom. The molecule has 0 aliphatic carbocycles. The third-order valence-electron chi connectivity index (χ3n) is 4.61. The summed E-state index contributed by atoms with van der Waals surface area (Å²) < 4.78 is 11.6. The number of benzene rings is 1. The number of nitrogens with zero attached hydrogens (tertiary/aromatic N) is 3. The van der Waals surface area contributed by atoms with Crippen molar-refractivity contribution in [1.82, 2.24) is 19.9 Å². The number of ether oxygens (including phenoxy) is 2. The van der Waals surface area contributed by atoms with Crippen LogP contribution in [-0.2, 0) is 11.4 Å². The Balaban J connectivity index is 1.94. The molecule has 1 N–H and O–H groups in total. The average molecular weight is 505 g/mol. The molecule has 0 spiro atoms. The second-order valence-corrected chi connectivity index (χ2v) is 9.49. The van der Waals surface area contributed by atoms with Crippen LogP contribution in [0, 0.1) is 12.8 Å². The van der Waals surface area contributed by atoms with E-state index in [1.165, 1.54) is 29.8 Å². The van der Waals surface area contributed by atoms with Crippen molar-refractivity contribution in [3.05, 3.63) is 61.0 Å². The maximum Gasteiger partial charge on any atom is 0.313 e. The van der Waals surface area contributed by atoms with Gasteiger partial charge in [-0.25, -0.2) is 15.0 Å². The van der Waals surface area contributed by atoms with Crippen molar-refractivity contribution in [2.75, 3.05) is 0 Å². The Morgan fingerprint density at radius 2 is 1.82 bits per heavy atom. The quantitative estimate of drug-likeness (QED) is 0.359. The van der Waals surface area contributed by atoms with Gasteiger partial charge in [-0.15, -0.1) is 11.3 Å². The van der Waals surface area contributed by atoms with Crippen LogP contribution in [0.3, 0.4) is 0 Å². The number of esters is 1. The third kappa shape index (κ3) is 4.71. The van der Waals surface area contributed by atoms with Crippen molar-refractivity contribution in [3.63, 3.8) is 0 Å². The van der Waals surface area contributed by atoms with E-state index in [0.29, 0.717) is 0 Å². The van der Waals surface area contributed by atoms with Gasteiger partial charge in [0.2, 0.25) is 0 Å². The second kappa shape index (κ2) is 9.46. The van der Waals surface area contributed by atoms with Crippen molar-refractivity contribution in [1.29, 1.82) is 0 Å². The SMILES string of the molecule is Cc1ncc(COc2c(Cl)ccc(Cl)c2-c2c(OC(=O)C(C)C)c3nccnc3[nH]c2=O)s1.